The Morgan fingerprint density at radius 3 is 2.47 bits per heavy atom. The van der Waals surface area contributed by atoms with Crippen LogP contribution in [0.2, 0.25) is 0 Å². The van der Waals surface area contributed by atoms with E-state index >= 15 is 0 Å². The van der Waals surface area contributed by atoms with E-state index in [4.69, 9.17) is 4.74 Å². The monoisotopic (exact) mass is 267 g/mol. The molecule has 0 aliphatic heterocycles. The number of nitrogens with zero attached hydrogens (tertiary/aromatic N) is 1. The van der Waals surface area contributed by atoms with Crippen LogP contribution in [0, 0.1) is 5.92 Å². The molecule has 0 aromatic heterocycles. The van der Waals surface area contributed by atoms with Crippen molar-refractivity contribution in [3.63, 3.8) is 0 Å². The van der Waals surface area contributed by atoms with Gasteiger partial charge in [-0.05, 0) is 32.3 Å². The Morgan fingerprint density at radius 1 is 1.21 bits per heavy atom. The van der Waals surface area contributed by atoms with Crippen molar-refractivity contribution in [3.05, 3.63) is 11.8 Å². The molecule has 0 rings (SSSR count). The van der Waals surface area contributed by atoms with E-state index in [0.717, 1.165) is 31.8 Å². The molecule has 0 aliphatic carbocycles. The van der Waals surface area contributed by atoms with Gasteiger partial charge in [-0.25, -0.2) is 0 Å². The van der Waals surface area contributed by atoms with Crippen molar-refractivity contribution in [2.45, 2.75) is 73.1 Å². The van der Waals surface area contributed by atoms with Crippen molar-refractivity contribution < 1.29 is 4.74 Å². The van der Waals surface area contributed by atoms with Crippen LogP contribution in [0.5, 0.6) is 0 Å². The maximum absolute atomic E-state index is 5.98. The Morgan fingerprint density at radius 2 is 1.95 bits per heavy atom. The van der Waals surface area contributed by atoms with Crippen LogP contribution >= 0.6 is 0 Å². The van der Waals surface area contributed by atoms with Crippen molar-refractivity contribution >= 4 is 5.71 Å². The van der Waals surface area contributed by atoms with Crippen LogP contribution in [0.1, 0.15) is 73.1 Å². The predicted molar refractivity (Wildman–Crippen MR) is 85.9 cm³/mol. The summed E-state index contributed by atoms with van der Waals surface area (Å²) in [6.07, 6.45) is 9.19. The average Bonchev–Trinajstić information content (AvgIpc) is 2.42. The van der Waals surface area contributed by atoms with E-state index in [2.05, 4.69) is 45.7 Å². The fourth-order valence-electron chi connectivity index (χ4n) is 2.02. The maximum atomic E-state index is 5.98. The summed E-state index contributed by atoms with van der Waals surface area (Å²) >= 11 is 0. The molecule has 0 aromatic rings. The molecule has 0 aliphatic rings. The first-order chi connectivity index (χ1) is 9.17. The number of allylic oxidation sites excluding steroid dienone is 2. The van der Waals surface area contributed by atoms with Crippen molar-refractivity contribution in [1.82, 2.24) is 0 Å². The van der Waals surface area contributed by atoms with Gasteiger partial charge in [0.15, 0.2) is 0 Å². The molecular weight excluding hydrogens is 234 g/mol. The molecule has 2 heteroatoms. The number of hydrogen-bond acceptors (Lipinski definition) is 2. The van der Waals surface area contributed by atoms with Crippen LogP contribution in [-0.4, -0.2) is 18.9 Å². The summed E-state index contributed by atoms with van der Waals surface area (Å²) in [6.45, 7) is 12.6. The fraction of sp³-hybridized carbons (Fsp3) is 0.824. The second-order valence-electron chi connectivity index (χ2n) is 5.17. The van der Waals surface area contributed by atoms with E-state index in [1.807, 2.05) is 0 Å². The highest BCUT2D eigenvalue weighted by Gasteiger charge is 2.07. The van der Waals surface area contributed by atoms with Gasteiger partial charge in [0.2, 0.25) is 0 Å². The summed E-state index contributed by atoms with van der Waals surface area (Å²) in [5, 5.41) is 0. The zero-order chi connectivity index (χ0) is 14.5. The van der Waals surface area contributed by atoms with Crippen molar-refractivity contribution in [1.29, 1.82) is 0 Å². The zero-order valence-corrected chi connectivity index (χ0v) is 13.7. The molecule has 0 heterocycles. The Kier molecular flexibility index (Phi) is 11.7. The molecule has 0 saturated carbocycles. The van der Waals surface area contributed by atoms with Crippen LogP contribution in [-0.2, 0) is 4.74 Å². The molecule has 1 unspecified atom stereocenters. The van der Waals surface area contributed by atoms with Crippen molar-refractivity contribution in [2.75, 3.05) is 13.2 Å². The van der Waals surface area contributed by atoms with Gasteiger partial charge < -0.3 is 4.74 Å². The molecule has 0 fully saturated rings. The Bertz CT molecular complexity index is 268. The minimum absolute atomic E-state index is 0.709. The van der Waals surface area contributed by atoms with E-state index in [9.17, 15) is 0 Å². The van der Waals surface area contributed by atoms with E-state index in [1.165, 1.54) is 31.4 Å². The highest BCUT2D eigenvalue weighted by molar-refractivity contribution is 5.83. The molecule has 0 saturated heterocycles. The topological polar surface area (TPSA) is 21.6 Å². The number of unbranched alkanes of at least 4 members (excludes halogenated alkanes) is 1. The average molecular weight is 267 g/mol. The minimum atomic E-state index is 0.709. The van der Waals surface area contributed by atoms with Crippen molar-refractivity contribution in [3.8, 4) is 0 Å². The molecule has 0 aromatic carbocycles. The van der Waals surface area contributed by atoms with Crippen LogP contribution in [0.3, 0.4) is 0 Å². The van der Waals surface area contributed by atoms with Gasteiger partial charge in [0.1, 0.15) is 0 Å². The zero-order valence-electron chi connectivity index (χ0n) is 13.7. The fourth-order valence-corrected chi connectivity index (χ4v) is 2.02. The molecule has 2 nitrogen and oxygen atoms in total. The van der Waals surface area contributed by atoms with Gasteiger partial charge in [-0.1, -0.05) is 40.0 Å². The molecule has 0 radical (unpaired) electrons. The molecule has 1 atom stereocenters. The van der Waals surface area contributed by atoms with E-state index in [-0.39, 0.29) is 0 Å². The third-order valence-electron chi connectivity index (χ3n) is 3.45. The van der Waals surface area contributed by atoms with E-state index < -0.39 is 0 Å². The number of rotatable bonds is 11. The van der Waals surface area contributed by atoms with Gasteiger partial charge in [-0.2, -0.15) is 0 Å². The first-order valence-electron chi connectivity index (χ1n) is 7.99. The molecular formula is C17H33NO. The normalized spacial score (nSPS) is 14.6. The molecule has 19 heavy (non-hydrogen) atoms. The van der Waals surface area contributed by atoms with Crippen LogP contribution in [0.25, 0.3) is 0 Å². The number of hydrogen-bond donors (Lipinski definition) is 0. The van der Waals surface area contributed by atoms with Gasteiger partial charge in [0, 0.05) is 25.1 Å². The lowest BCUT2D eigenvalue weighted by atomic mass is 10.0. The lowest BCUT2D eigenvalue weighted by Gasteiger charge is -2.17. The lowest BCUT2D eigenvalue weighted by molar-refractivity contribution is 0.150. The molecule has 0 spiro atoms. The Labute approximate surface area is 120 Å². The summed E-state index contributed by atoms with van der Waals surface area (Å²) in [6, 6.07) is 0. The minimum Gasteiger partial charge on any atom is -0.498 e. The summed E-state index contributed by atoms with van der Waals surface area (Å²) in [7, 11) is 0. The van der Waals surface area contributed by atoms with Gasteiger partial charge in [-0.3, -0.25) is 4.99 Å². The summed E-state index contributed by atoms with van der Waals surface area (Å²) in [4.78, 5) is 4.40. The summed E-state index contributed by atoms with van der Waals surface area (Å²) in [5.41, 5.74) is 1.19. The largest absolute Gasteiger partial charge is 0.498 e. The third kappa shape index (κ3) is 9.75. The summed E-state index contributed by atoms with van der Waals surface area (Å²) < 4.78 is 5.98. The Hall–Kier alpha value is -0.790. The smallest absolute Gasteiger partial charge is 0.0921 e. The standard InChI is InChI=1S/C17H33NO/c1-6-10-11-16(7-2)14-19-17(8-3)13-12-15(5)18-9-4/h13,16H,6-12,14H2,1-5H3/b17-13?,18-15-. The molecule has 0 bridgehead atoms. The molecule has 112 valence electrons. The first-order valence-corrected chi connectivity index (χ1v) is 7.99. The molecule has 0 N–H and O–H groups in total. The SMILES string of the molecule is CCCCC(CC)COC(=CC/C(C)=N\CC)CC. The quantitative estimate of drug-likeness (QED) is 0.363. The Balaban J connectivity index is 4.16. The van der Waals surface area contributed by atoms with Gasteiger partial charge in [0.05, 0.1) is 12.4 Å². The highest BCUT2D eigenvalue weighted by Crippen LogP contribution is 2.16. The van der Waals surface area contributed by atoms with Crippen LogP contribution in [0.15, 0.2) is 16.8 Å². The van der Waals surface area contributed by atoms with Gasteiger partial charge in [-0.15, -0.1) is 0 Å². The predicted octanol–water partition coefficient (Wildman–Crippen LogP) is 5.38. The second kappa shape index (κ2) is 12.3. The third-order valence-corrected chi connectivity index (χ3v) is 3.45. The van der Waals surface area contributed by atoms with Crippen molar-refractivity contribution in [2.24, 2.45) is 10.9 Å². The van der Waals surface area contributed by atoms with Crippen LogP contribution in [0.4, 0.5) is 0 Å². The van der Waals surface area contributed by atoms with E-state index in [0.29, 0.717) is 5.92 Å². The number of aliphatic imine (C=N–C) groups is 1. The second-order valence-corrected chi connectivity index (χ2v) is 5.17. The van der Waals surface area contributed by atoms with Gasteiger partial charge in [0.25, 0.3) is 0 Å². The lowest BCUT2D eigenvalue weighted by Crippen LogP contribution is -2.09. The number of ether oxygens (including phenoxy) is 1. The van der Waals surface area contributed by atoms with E-state index in [1.54, 1.807) is 0 Å². The highest BCUT2D eigenvalue weighted by atomic mass is 16.5. The molecule has 0 amide bonds. The maximum Gasteiger partial charge on any atom is 0.0921 e. The van der Waals surface area contributed by atoms with Gasteiger partial charge >= 0.3 is 0 Å². The first kappa shape index (κ1) is 18.2. The summed E-state index contributed by atoms with van der Waals surface area (Å²) in [5.74, 6) is 1.83. The van der Waals surface area contributed by atoms with Crippen LogP contribution < -0.4 is 0 Å².